The third-order valence-electron chi connectivity index (χ3n) is 8.57. The Morgan fingerprint density at radius 1 is 0.391 bits per heavy atom. The zero-order valence-electron chi connectivity index (χ0n) is 26.2. The van der Waals surface area contributed by atoms with Crippen molar-refractivity contribution >= 4 is 11.8 Å². The molecule has 0 atom stereocenters. The van der Waals surface area contributed by atoms with Crippen LogP contribution in [0.3, 0.4) is 0 Å². The molecule has 46 heavy (non-hydrogen) atoms. The lowest BCUT2D eigenvalue weighted by molar-refractivity contribution is 1.32. The second-order valence-corrected chi connectivity index (χ2v) is 12.4. The standard InChI is InChI=1S/C43H34N2S/c1-29-24-31(42-16-8-10-22-44-42)18-20-36(29)40-14-6-4-12-38(40)33-26-34(28-35(27-33)46-3)39-13-5-7-15-41(39)37-21-19-32(25-30(37)2)43-17-9-11-23-45-43/h4-28H,1-3H3. The summed E-state index contributed by atoms with van der Waals surface area (Å²) in [6.07, 6.45) is 5.85. The normalized spacial score (nSPS) is 11.0. The van der Waals surface area contributed by atoms with Gasteiger partial charge in [0.25, 0.3) is 0 Å². The Morgan fingerprint density at radius 3 is 1.22 bits per heavy atom. The zero-order chi connectivity index (χ0) is 31.5. The van der Waals surface area contributed by atoms with Crippen molar-refractivity contribution in [2.24, 2.45) is 0 Å². The first-order chi connectivity index (χ1) is 22.6. The molecule has 222 valence electrons. The summed E-state index contributed by atoms with van der Waals surface area (Å²) in [4.78, 5) is 10.4. The van der Waals surface area contributed by atoms with Crippen molar-refractivity contribution in [3.8, 4) is 67.0 Å². The topological polar surface area (TPSA) is 25.8 Å². The molecule has 0 saturated heterocycles. The molecule has 0 N–H and O–H groups in total. The van der Waals surface area contributed by atoms with Gasteiger partial charge in [-0.25, -0.2) is 0 Å². The summed E-state index contributed by atoms with van der Waals surface area (Å²) in [6.45, 7) is 4.39. The van der Waals surface area contributed by atoms with Gasteiger partial charge >= 0.3 is 0 Å². The van der Waals surface area contributed by atoms with Crippen molar-refractivity contribution in [3.63, 3.8) is 0 Å². The number of benzene rings is 5. The summed E-state index contributed by atoms with van der Waals surface area (Å²) in [5.74, 6) is 0. The SMILES string of the molecule is CSc1cc(-c2ccccc2-c2ccc(-c3ccccn3)cc2C)cc(-c2ccccc2-c2ccc(-c3ccccn3)cc2C)c1. The van der Waals surface area contributed by atoms with Crippen molar-refractivity contribution in [2.75, 3.05) is 6.26 Å². The van der Waals surface area contributed by atoms with E-state index < -0.39 is 0 Å². The van der Waals surface area contributed by atoms with Crippen LogP contribution in [0.25, 0.3) is 67.0 Å². The van der Waals surface area contributed by atoms with E-state index >= 15 is 0 Å². The first kappa shape index (κ1) is 29.5. The van der Waals surface area contributed by atoms with E-state index in [-0.39, 0.29) is 0 Å². The van der Waals surface area contributed by atoms with Crippen LogP contribution < -0.4 is 0 Å². The van der Waals surface area contributed by atoms with Gasteiger partial charge in [-0.05, 0) is 130 Å². The van der Waals surface area contributed by atoms with E-state index in [1.807, 2.05) is 36.7 Å². The predicted molar refractivity (Wildman–Crippen MR) is 196 cm³/mol. The first-order valence-electron chi connectivity index (χ1n) is 15.5. The molecule has 7 rings (SSSR count). The third-order valence-corrected chi connectivity index (χ3v) is 9.28. The molecule has 7 aromatic rings. The van der Waals surface area contributed by atoms with Crippen molar-refractivity contribution in [1.82, 2.24) is 9.97 Å². The van der Waals surface area contributed by atoms with E-state index in [0.29, 0.717) is 0 Å². The van der Waals surface area contributed by atoms with Gasteiger partial charge in [0.15, 0.2) is 0 Å². The van der Waals surface area contributed by atoms with Gasteiger partial charge in [-0.3, -0.25) is 9.97 Å². The van der Waals surface area contributed by atoms with Gasteiger partial charge in [0, 0.05) is 28.4 Å². The quantitative estimate of drug-likeness (QED) is 0.168. The second kappa shape index (κ2) is 13.0. The Balaban J connectivity index is 1.32. The highest BCUT2D eigenvalue weighted by Crippen LogP contribution is 2.41. The number of hydrogen-bond acceptors (Lipinski definition) is 3. The minimum Gasteiger partial charge on any atom is -0.256 e. The Kier molecular flexibility index (Phi) is 8.33. The largest absolute Gasteiger partial charge is 0.256 e. The maximum absolute atomic E-state index is 4.56. The Morgan fingerprint density at radius 2 is 0.826 bits per heavy atom. The molecule has 2 heterocycles. The van der Waals surface area contributed by atoms with Crippen molar-refractivity contribution in [1.29, 1.82) is 0 Å². The minimum absolute atomic E-state index is 0.989. The van der Waals surface area contributed by atoms with Gasteiger partial charge in [0.1, 0.15) is 0 Å². The van der Waals surface area contributed by atoms with Gasteiger partial charge in [0.2, 0.25) is 0 Å². The number of nitrogens with zero attached hydrogens (tertiary/aromatic N) is 2. The van der Waals surface area contributed by atoms with Gasteiger partial charge in [-0.1, -0.05) is 84.9 Å². The van der Waals surface area contributed by atoms with E-state index in [4.69, 9.17) is 0 Å². The molecule has 2 nitrogen and oxygen atoms in total. The summed E-state index contributed by atoms with van der Waals surface area (Å²) in [6, 6.07) is 50.0. The van der Waals surface area contributed by atoms with Crippen LogP contribution in [0, 0.1) is 13.8 Å². The average Bonchev–Trinajstić information content (AvgIpc) is 3.12. The average molecular weight is 611 g/mol. The molecule has 3 heteroatoms. The molecular weight excluding hydrogens is 577 g/mol. The Hall–Kier alpha value is -5.25. The van der Waals surface area contributed by atoms with Crippen LogP contribution in [-0.4, -0.2) is 16.2 Å². The fourth-order valence-electron chi connectivity index (χ4n) is 6.28. The van der Waals surface area contributed by atoms with E-state index in [9.17, 15) is 0 Å². The summed E-state index contributed by atoms with van der Waals surface area (Å²) in [5.41, 5.74) is 16.5. The highest BCUT2D eigenvalue weighted by molar-refractivity contribution is 7.98. The van der Waals surface area contributed by atoms with E-state index in [0.717, 1.165) is 22.5 Å². The second-order valence-electron chi connectivity index (χ2n) is 11.5. The van der Waals surface area contributed by atoms with Gasteiger partial charge < -0.3 is 0 Å². The Bertz CT molecular complexity index is 2000. The highest BCUT2D eigenvalue weighted by Gasteiger charge is 2.15. The van der Waals surface area contributed by atoms with Crippen LogP contribution >= 0.6 is 11.8 Å². The van der Waals surface area contributed by atoms with Gasteiger partial charge in [0.05, 0.1) is 11.4 Å². The lowest BCUT2D eigenvalue weighted by Gasteiger charge is -2.17. The highest BCUT2D eigenvalue weighted by atomic mass is 32.2. The van der Waals surface area contributed by atoms with Crippen LogP contribution in [0.4, 0.5) is 0 Å². The molecule has 0 amide bonds. The van der Waals surface area contributed by atoms with Crippen molar-refractivity contribution in [3.05, 3.63) is 163 Å². The van der Waals surface area contributed by atoms with Crippen LogP contribution in [0.5, 0.6) is 0 Å². The lowest BCUT2D eigenvalue weighted by atomic mass is 9.88. The summed E-state index contributed by atoms with van der Waals surface area (Å²) in [7, 11) is 0. The lowest BCUT2D eigenvalue weighted by Crippen LogP contribution is -1.93. The van der Waals surface area contributed by atoms with Crippen LogP contribution in [0.1, 0.15) is 11.1 Å². The maximum atomic E-state index is 4.56. The van der Waals surface area contributed by atoms with Gasteiger partial charge in [-0.15, -0.1) is 11.8 Å². The number of aryl methyl sites for hydroxylation is 2. The molecule has 0 spiro atoms. The molecule has 0 fully saturated rings. The third kappa shape index (κ3) is 5.90. The van der Waals surface area contributed by atoms with Crippen molar-refractivity contribution in [2.45, 2.75) is 18.7 Å². The molecule has 0 aliphatic heterocycles. The molecule has 0 aliphatic rings. The van der Waals surface area contributed by atoms with Crippen LogP contribution in [-0.2, 0) is 0 Å². The fraction of sp³-hybridized carbons (Fsp3) is 0.0698. The zero-order valence-corrected chi connectivity index (χ0v) is 27.1. The number of thioether (sulfide) groups is 1. The number of rotatable bonds is 7. The molecule has 0 aliphatic carbocycles. The smallest absolute Gasteiger partial charge is 0.0702 e. The molecular formula is C43H34N2S. The van der Waals surface area contributed by atoms with E-state index in [1.165, 1.54) is 60.5 Å². The first-order valence-corrected chi connectivity index (χ1v) is 16.7. The molecule has 0 saturated carbocycles. The molecule has 5 aromatic carbocycles. The maximum Gasteiger partial charge on any atom is 0.0702 e. The minimum atomic E-state index is 0.989. The number of hydrogen-bond donors (Lipinski definition) is 0. The van der Waals surface area contributed by atoms with Crippen LogP contribution in [0.2, 0.25) is 0 Å². The summed E-state index contributed by atoms with van der Waals surface area (Å²) >= 11 is 1.78. The molecule has 2 aromatic heterocycles. The van der Waals surface area contributed by atoms with Gasteiger partial charge in [-0.2, -0.15) is 0 Å². The molecule has 0 bridgehead atoms. The number of aromatic nitrogens is 2. The molecule has 0 radical (unpaired) electrons. The molecule has 0 unspecified atom stereocenters. The number of pyridine rings is 2. The van der Waals surface area contributed by atoms with Crippen LogP contribution in [0.15, 0.2) is 157 Å². The fourth-order valence-corrected chi connectivity index (χ4v) is 6.77. The summed E-state index contributed by atoms with van der Waals surface area (Å²) < 4.78 is 0. The van der Waals surface area contributed by atoms with E-state index in [2.05, 4.69) is 145 Å². The van der Waals surface area contributed by atoms with E-state index in [1.54, 1.807) is 11.8 Å². The predicted octanol–water partition coefficient (Wildman–Crippen LogP) is 11.8. The van der Waals surface area contributed by atoms with Crippen molar-refractivity contribution < 1.29 is 0 Å². The summed E-state index contributed by atoms with van der Waals surface area (Å²) in [5, 5.41) is 0. The Labute approximate surface area is 275 Å². The monoisotopic (exact) mass is 610 g/mol.